The Labute approximate surface area is 93.1 Å². The lowest BCUT2D eigenvalue weighted by Gasteiger charge is -2.07. The van der Waals surface area contributed by atoms with Crippen LogP contribution in [0.1, 0.15) is 18.1 Å². The standard InChI is InChI=1S/C12H9ClN2/c1-2-8-9-5-3-4-6-11(9)15-12(13)10(8)7-14/h3-6H,2H2,1H3. The van der Waals surface area contributed by atoms with Crippen LogP contribution >= 0.6 is 11.6 Å². The summed E-state index contributed by atoms with van der Waals surface area (Å²) >= 11 is 5.95. The first-order valence-electron chi connectivity index (χ1n) is 4.75. The molecule has 1 heterocycles. The molecule has 0 fully saturated rings. The molecule has 1 aromatic heterocycles. The van der Waals surface area contributed by atoms with Crippen LogP contribution in [0.25, 0.3) is 10.9 Å². The summed E-state index contributed by atoms with van der Waals surface area (Å²) in [7, 11) is 0. The van der Waals surface area contributed by atoms with Crippen LogP contribution in [-0.2, 0) is 6.42 Å². The molecule has 0 radical (unpaired) electrons. The van der Waals surface area contributed by atoms with E-state index in [9.17, 15) is 0 Å². The van der Waals surface area contributed by atoms with E-state index >= 15 is 0 Å². The maximum atomic E-state index is 9.02. The minimum absolute atomic E-state index is 0.299. The fourth-order valence-electron chi connectivity index (χ4n) is 1.73. The van der Waals surface area contributed by atoms with E-state index in [1.807, 2.05) is 31.2 Å². The smallest absolute Gasteiger partial charge is 0.147 e. The normalized spacial score (nSPS) is 10.2. The van der Waals surface area contributed by atoms with E-state index in [0.717, 1.165) is 22.9 Å². The third-order valence-electron chi connectivity index (χ3n) is 2.42. The predicted octanol–water partition coefficient (Wildman–Crippen LogP) is 3.32. The second kappa shape index (κ2) is 3.88. The van der Waals surface area contributed by atoms with Gasteiger partial charge < -0.3 is 0 Å². The Bertz CT molecular complexity index is 555. The molecule has 0 atom stereocenters. The third-order valence-corrected chi connectivity index (χ3v) is 2.69. The van der Waals surface area contributed by atoms with E-state index in [1.54, 1.807) is 0 Å². The third kappa shape index (κ3) is 1.55. The van der Waals surface area contributed by atoms with Gasteiger partial charge in [-0.2, -0.15) is 5.26 Å². The fourth-order valence-corrected chi connectivity index (χ4v) is 1.98. The fraction of sp³-hybridized carbons (Fsp3) is 0.167. The minimum atomic E-state index is 0.299. The first-order chi connectivity index (χ1) is 7.27. The monoisotopic (exact) mass is 216 g/mol. The SMILES string of the molecule is CCc1c(C#N)c(Cl)nc2ccccc12. The Morgan fingerprint density at radius 3 is 2.80 bits per heavy atom. The quantitative estimate of drug-likeness (QED) is 0.686. The average Bonchev–Trinajstić information content (AvgIpc) is 2.27. The maximum absolute atomic E-state index is 9.02. The van der Waals surface area contributed by atoms with Gasteiger partial charge in [-0.25, -0.2) is 4.98 Å². The highest BCUT2D eigenvalue weighted by Crippen LogP contribution is 2.26. The van der Waals surface area contributed by atoms with Crippen LogP contribution in [0.2, 0.25) is 5.15 Å². The summed E-state index contributed by atoms with van der Waals surface area (Å²) < 4.78 is 0. The number of hydrogen-bond acceptors (Lipinski definition) is 2. The first-order valence-corrected chi connectivity index (χ1v) is 5.13. The number of para-hydroxylation sites is 1. The van der Waals surface area contributed by atoms with E-state index in [1.165, 1.54) is 0 Å². The molecule has 0 aliphatic rings. The van der Waals surface area contributed by atoms with Crippen LogP contribution in [0.15, 0.2) is 24.3 Å². The van der Waals surface area contributed by atoms with Crippen molar-refractivity contribution in [2.45, 2.75) is 13.3 Å². The lowest BCUT2D eigenvalue weighted by atomic mass is 10.0. The average molecular weight is 217 g/mol. The number of rotatable bonds is 1. The Morgan fingerprint density at radius 2 is 2.13 bits per heavy atom. The summed E-state index contributed by atoms with van der Waals surface area (Å²) in [4.78, 5) is 4.20. The van der Waals surface area contributed by atoms with Crippen LogP contribution in [0.4, 0.5) is 0 Å². The van der Waals surface area contributed by atoms with Gasteiger partial charge in [-0.3, -0.25) is 0 Å². The molecule has 0 spiro atoms. The molecule has 15 heavy (non-hydrogen) atoms. The van der Waals surface area contributed by atoms with Crippen molar-refractivity contribution in [1.82, 2.24) is 4.98 Å². The van der Waals surface area contributed by atoms with E-state index in [-0.39, 0.29) is 0 Å². The number of benzene rings is 1. The summed E-state index contributed by atoms with van der Waals surface area (Å²) in [6, 6.07) is 9.84. The number of halogens is 1. The van der Waals surface area contributed by atoms with Gasteiger partial charge in [0.05, 0.1) is 11.1 Å². The molecule has 2 nitrogen and oxygen atoms in total. The Kier molecular flexibility index (Phi) is 2.57. The highest BCUT2D eigenvalue weighted by molar-refractivity contribution is 6.31. The molecule has 74 valence electrons. The molecule has 0 amide bonds. The van der Waals surface area contributed by atoms with Gasteiger partial charge in [0, 0.05) is 5.39 Å². The van der Waals surface area contributed by atoms with Gasteiger partial charge in [-0.15, -0.1) is 0 Å². The summed E-state index contributed by atoms with van der Waals surface area (Å²) in [6.45, 7) is 2.01. The number of fused-ring (bicyclic) bond motifs is 1. The van der Waals surface area contributed by atoms with E-state index in [0.29, 0.717) is 10.7 Å². The van der Waals surface area contributed by atoms with E-state index in [4.69, 9.17) is 16.9 Å². The second-order valence-corrected chi connectivity index (χ2v) is 3.60. The van der Waals surface area contributed by atoms with Crippen molar-refractivity contribution in [1.29, 1.82) is 5.26 Å². The van der Waals surface area contributed by atoms with Crippen molar-refractivity contribution in [3.05, 3.63) is 40.5 Å². The Morgan fingerprint density at radius 1 is 1.40 bits per heavy atom. The summed E-state index contributed by atoms with van der Waals surface area (Å²) in [5, 5.41) is 10.3. The highest BCUT2D eigenvalue weighted by atomic mass is 35.5. The zero-order valence-electron chi connectivity index (χ0n) is 8.29. The second-order valence-electron chi connectivity index (χ2n) is 3.24. The first kappa shape index (κ1) is 9.95. The predicted molar refractivity (Wildman–Crippen MR) is 60.8 cm³/mol. The van der Waals surface area contributed by atoms with Gasteiger partial charge in [-0.1, -0.05) is 36.7 Å². The summed E-state index contributed by atoms with van der Waals surface area (Å²) in [5.74, 6) is 0. The largest absolute Gasteiger partial charge is 0.235 e. The molecule has 0 saturated carbocycles. The highest BCUT2D eigenvalue weighted by Gasteiger charge is 2.11. The van der Waals surface area contributed by atoms with E-state index < -0.39 is 0 Å². The minimum Gasteiger partial charge on any atom is -0.235 e. The molecule has 3 heteroatoms. The van der Waals surface area contributed by atoms with Crippen molar-refractivity contribution < 1.29 is 0 Å². The number of hydrogen-bond donors (Lipinski definition) is 0. The Hall–Kier alpha value is -1.59. The van der Waals surface area contributed by atoms with Crippen LogP contribution in [-0.4, -0.2) is 4.98 Å². The van der Waals surface area contributed by atoms with Crippen molar-refractivity contribution in [2.75, 3.05) is 0 Å². The molecule has 2 aromatic rings. The lowest BCUT2D eigenvalue weighted by Crippen LogP contribution is -1.94. The van der Waals surface area contributed by atoms with Crippen molar-refractivity contribution in [3.63, 3.8) is 0 Å². The Balaban J connectivity index is 2.92. The molecular formula is C12H9ClN2. The lowest BCUT2D eigenvalue weighted by molar-refractivity contribution is 1.13. The van der Waals surface area contributed by atoms with Gasteiger partial charge >= 0.3 is 0 Å². The number of pyridine rings is 1. The zero-order chi connectivity index (χ0) is 10.8. The van der Waals surface area contributed by atoms with E-state index in [2.05, 4.69) is 11.1 Å². The van der Waals surface area contributed by atoms with Crippen LogP contribution < -0.4 is 0 Å². The molecule has 0 unspecified atom stereocenters. The van der Waals surface area contributed by atoms with Gasteiger partial charge in [0.1, 0.15) is 11.2 Å². The molecular weight excluding hydrogens is 208 g/mol. The van der Waals surface area contributed by atoms with Gasteiger partial charge in [0.2, 0.25) is 0 Å². The molecule has 0 N–H and O–H groups in total. The number of aryl methyl sites for hydroxylation is 1. The maximum Gasteiger partial charge on any atom is 0.147 e. The molecule has 0 saturated heterocycles. The van der Waals surface area contributed by atoms with Crippen molar-refractivity contribution in [2.24, 2.45) is 0 Å². The topological polar surface area (TPSA) is 36.7 Å². The summed E-state index contributed by atoms with van der Waals surface area (Å²) in [5.41, 5.74) is 2.32. The molecule has 1 aromatic carbocycles. The van der Waals surface area contributed by atoms with Gasteiger partial charge in [0.25, 0.3) is 0 Å². The number of nitrogens with zero attached hydrogens (tertiary/aromatic N) is 2. The van der Waals surface area contributed by atoms with Crippen molar-refractivity contribution >= 4 is 22.5 Å². The summed E-state index contributed by atoms with van der Waals surface area (Å²) in [6.07, 6.45) is 0.783. The van der Waals surface area contributed by atoms with Crippen LogP contribution in [0.3, 0.4) is 0 Å². The molecule has 2 rings (SSSR count). The number of nitriles is 1. The van der Waals surface area contributed by atoms with Crippen molar-refractivity contribution in [3.8, 4) is 6.07 Å². The van der Waals surface area contributed by atoms with Crippen LogP contribution in [0, 0.1) is 11.3 Å². The molecule has 0 aliphatic carbocycles. The van der Waals surface area contributed by atoms with Crippen LogP contribution in [0.5, 0.6) is 0 Å². The van der Waals surface area contributed by atoms with Gasteiger partial charge in [0.15, 0.2) is 0 Å². The molecule has 0 bridgehead atoms. The number of aromatic nitrogens is 1. The molecule has 0 aliphatic heterocycles. The zero-order valence-corrected chi connectivity index (χ0v) is 9.04. The van der Waals surface area contributed by atoms with Gasteiger partial charge in [-0.05, 0) is 18.1 Å².